The van der Waals surface area contributed by atoms with Gasteiger partial charge in [-0.15, -0.1) is 0 Å². The Morgan fingerprint density at radius 2 is 2.05 bits per heavy atom. The Hall–Kier alpha value is -2.36. The van der Waals surface area contributed by atoms with Crippen molar-refractivity contribution in [3.63, 3.8) is 0 Å². The molecular weight excluding hydrogens is 238 g/mol. The van der Waals surface area contributed by atoms with E-state index < -0.39 is 0 Å². The number of para-hydroxylation sites is 1. The highest BCUT2D eigenvalue weighted by atomic mass is 16.5. The van der Waals surface area contributed by atoms with Gasteiger partial charge in [-0.25, -0.2) is 9.97 Å². The lowest BCUT2D eigenvalue weighted by atomic mass is 10.1. The van der Waals surface area contributed by atoms with Gasteiger partial charge in [0, 0.05) is 13.1 Å². The number of aromatic nitrogens is 3. The topological polar surface area (TPSA) is 39.9 Å². The summed E-state index contributed by atoms with van der Waals surface area (Å²) in [7, 11) is 1.96. The zero-order valence-electron chi connectivity index (χ0n) is 11.0. The van der Waals surface area contributed by atoms with Gasteiger partial charge in [0.05, 0.1) is 18.0 Å². The number of fused-ring (bicyclic) bond motifs is 1. The molecule has 96 valence electrons. The average molecular weight is 253 g/mol. The lowest BCUT2D eigenvalue weighted by Gasteiger charge is -2.08. The number of imidazole rings is 1. The molecule has 0 bridgehead atoms. The first-order chi connectivity index (χ1) is 9.28. The van der Waals surface area contributed by atoms with E-state index in [2.05, 4.69) is 23.0 Å². The fourth-order valence-electron chi connectivity index (χ4n) is 2.08. The van der Waals surface area contributed by atoms with Crippen LogP contribution >= 0.6 is 0 Å². The molecule has 2 heterocycles. The molecule has 0 radical (unpaired) electrons. The van der Waals surface area contributed by atoms with Crippen LogP contribution in [0, 0.1) is 0 Å². The monoisotopic (exact) mass is 253 g/mol. The molecule has 0 spiro atoms. The van der Waals surface area contributed by atoms with Crippen LogP contribution in [0.4, 0.5) is 0 Å². The molecule has 0 atom stereocenters. The van der Waals surface area contributed by atoms with Crippen LogP contribution < -0.4 is 4.74 Å². The van der Waals surface area contributed by atoms with Crippen molar-refractivity contribution in [2.45, 2.75) is 13.3 Å². The smallest absolute Gasteiger partial charge is 0.221 e. The van der Waals surface area contributed by atoms with Crippen LogP contribution in [-0.2, 0) is 13.5 Å². The number of pyridine rings is 1. The van der Waals surface area contributed by atoms with E-state index in [1.807, 2.05) is 35.9 Å². The van der Waals surface area contributed by atoms with Crippen LogP contribution in [0.1, 0.15) is 12.5 Å². The molecule has 2 aromatic heterocycles. The lowest BCUT2D eigenvalue weighted by Crippen LogP contribution is -1.93. The van der Waals surface area contributed by atoms with Crippen molar-refractivity contribution in [2.75, 3.05) is 0 Å². The Morgan fingerprint density at radius 1 is 1.21 bits per heavy atom. The number of aryl methyl sites for hydroxylation is 2. The minimum Gasteiger partial charge on any atom is -0.439 e. The molecule has 3 rings (SSSR count). The molecule has 1 aromatic carbocycles. The van der Waals surface area contributed by atoms with Crippen LogP contribution in [-0.4, -0.2) is 14.5 Å². The maximum absolute atomic E-state index is 5.88. The van der Waals surface area contributed by atoms with Gasteiger partial charge in [-0.3, -0.25) is 0 Å². The molecule has 0 aliphatic rings. The van der Waals surface area contributed by atoms with E-state index in [9.17, 15) is 0 Å². The predicted molar refractivity (Wildman–Crippen MR) is 74.4 cm³/mol. The summed E-state index contributed by atoms with van der Waals surface area (Å²) in [5.41, 5.74) is 3.06. The van der Waals surface area contributed by atoms with Crippen molar-refractivity contribution in [3.05, 3.63) is 48.4 Å². The highest BCUT2D eigenvalue weighted by molar-refractivity contribution is 5.75. The summed E-state index contributed by atoms with van der Waals surface area (Å²) in [5, 5.41) is 0. The molecule has 0 N–H and O–H groups in total. The van der Waals surface area contributed by atoms with Gasteiger partial charge < -0.3 is 9.30 Å². The number of hydrogen-bond acceptors (Lipinski definition) is 3. The second kappa shape index (κ2) is 4.72. The van der Waals surface area contributed by atoms with Crippen LogP contribution in [0.15, 0.2) is 42.9 Å². The zero-order valence-corrected chi connectivity index (χ0v) is 11.0. The molecule has 0 aliphatic heterocycles. The van der Waals surface area contributed by atoms with Crippen molar-refractivity contribution in [1.29, 1.82) is 0 Å². The third-order valence-corrected chi connectivity index (χ3v) is 3.15. The summed E-state index contributed by atoms with van der Waals surface area (Å²) in [6.07, 6.45) is 4.44. The van der Waals surface area contributed by atoms with Crippen molar-refractivity contribution in [1.82, 2.24) is 14.5 Å². The van der Waals surface area contributed by atoms with E-state index in [0.717, 1.165) is 23.2 Å². The first kappa shape index (κ1) is 11.7. The Labute approximate surface area is 111 Å². The molecule has 0 aliphatic carbocycles. The number of rotatable bonds is 3. The SMILES string of the molecule is CCc1ccccc1Oc1cc2c(cn1)ncn2C. The number of ether oxygens (including phenoxy) is 1. The molecule has 0 saturated heterocycles. The van der Waals surface area contributed by atoms with Crippen molar-refractivity contribution < 1.29 is 4.74 Å². The van der Waals surface area contributed by atoms with Gasteiger partial charge in [0.15, 0.2) is 0 Å². The quantitative estimate of drug-likeness (QED) is 0.718. The molecule has 4 nitrogen and oxygen atoms in total. The van der Waals surface area contributed by atoms with Gasteiger partial charge in [0.25, 0.3) is 0 Å². The summed E-state index contributed by atoms with van der Waals surface area (Å²) in [6, 6.07) is 9.93. The van der Waals surface area contributed by atoms with Crippen LogP contribution in [0.5, 0.6) is 11.6 Å². The second-order valence-electron chi connectivity index (χ2n) is 4.43. The Morgan fingerprint density at radius 3 is 2.89 bits per heavy atom. The van der Waals surface area contributed by atoms with Gasteiger partial charge in [-0.2, -0.15) is 0 Å². The predicted octanol–water partition coefficient (Wildman–Crippen LogP) is 3.32. The van der Waals surface area contributed by atoms with E-state index >= 15 is 0 Å². The summed E-state index contributed by atoms with van der Waals surface area (Å²) < 4.78 is 7.83. The number of benzene rings is 1. The largest absolute Gasteiger partial charge is 0.439 e. The number of hydrogen-bond donors (Lipinski definition) is 0. The number of nitrogens with zero attached hydrogens (tertiary/aromatic N) is 3. The fraction of sp³-hybridized carbons (Fsp3) is 0.200. The molecule has 0 unspecified atom stereocenters. The first-order valence-electron chi connectivity index (χ1n) is 6.30. The molecule has 0 fully saturated rings. The summed E-state index contributed by atoms with van der Waals surface area (Å²) >= 11 is 0. The Kier molecular flexibility index (Phi) is 2.91. The molecule has 19 heavy (non-hydrogen) atoms. The molecule has 4 heteroatoms. The molecule has 0 amide bonds. The standard InChI is InChI=1S/C15H15N3O/c1-3-11-6-4-5-7-14(11)19-15-8-13-12(9-16-15)17-10-18(13)2/h4-10H,3H2,1-2H3. The highest BCUT2D eigenvalue weighted by Crippen LogP contribution is 2.25. The highest BCUT2D eigenvalue weighted by Gasteiger charge is 2.06. The van der Waals surface area contributed by atoms with E-state index in [-0.39, 0.29) is 0 Å². The Bertz CT molecular complexity index is 718. The van der Waals surface area contributed by atoms with Gasteiger partial charge in [0.2, 0.25) is 5.88 Å². The van der Waals surface area contributed by atoms with Crippen LogP contribution in [0.2, 0.25) is 0 Å². The Balaban J connectivity index is 1.98. The minimum atomic E-state index is 0.594. The first-order valence-corrected chi connectivity index (χ1v) is 6.30. The average Bonchev–Trinajstić information content (AvgIpc) is 2.81. The van der Waals surface area contributed by atoms with Crippen molar-refractivity contribution in [2.24, 2.45) is 7.05 Å². The zero-order chi connectivity index (χ0) is 13.2. The molecule has 3 aromatic rings. The minimum absolute atomic E-state index is 0.594. The third-order valence-electron chi connectivity index (χ3n) is 3.15. The van der Waals surface area contributed by atoms with E-state index in [0.29, 0.717) is 5.88 Å². The maximum atomic E-state index is 5.88. The van der Waals surface area contributed by atoms with Gasteiger partial charge >= 0.3 is 0 Å². The van der Waals surface area contributed by atoms with E-state index in [4.69, 9.17) is 4.74 Å². The van der Waals surface area contributed by atoms with E-state index in [1.165, 1.54) is 5.56 Å². The normalized spacial score (nSPS) is 10.8. The van der Waals surface area contributed by atoms with Crippen molar-refractivity contribution in [3.8, 4) is 11.6 Å². The molecular formula is C15H15N3O. The summed E-state index contributed by atoms with van der Waals surface area (Å²) in [4.78, 5) is 8.54. The third kappa shape index (κ3) is 2.17. The summed E-state index contributed by atoms with van der Waals surface area (Å²) in [6.45, 7) is 2.11. The second-order valence-corrected chi connectivity index (χ2v) is 4.43. The van der Waals surface area contributed by atoms with Crippen molar-refractivity contribution >= 4 is 11.0 Å². The lowest BCUT2D eigenvalue weighted by molar-refractivity contribution is 0.458. The van der Waals surface area contributed by atoms with Gasteiger partial charge in [-0.05, 0) is 18.1 Å². The summed E-state index contributed by atoms with van der Waals surface area (Å²) in [5.74, 6) is 1.45. The van der Waals surface area contributed by atoms with E-state index in [1.54, 1.807) is 12.5 Å². The maximum Gasteiger partial charge on any atom is 0.221 e. The van der Waals surface area contributed by atoms with Crippen LogP contribution in [0.25, 0.3) is 11.0 Å². The van der Waals surface area contributed by atoms with Gasteiger partial charge in [0.1, 0.15) is 11.3 Å². The molecule has 0 saturated carbocycles. The van der Waals surface area contributed by atoms with Crippen LogP contribution in [0.3, 0.4) is 0 Å². The fourth-order valence-corrected chi connectivity index (χ4v) is 2.08. The van der Waals surface area contributed by atoms with Gasteiger partial charge in [-0.1, -0.05) is 25.1 Å².